The van der Waals surface area contributed by atoms with Crippen LogP contribution >= 0.6 is 0 Å². The summed E-state index contributed by atoms with van der Waals surface area (Å²) in [5, 5.41) is 2.98. The summed E-state index contributed by atoms with van der Waals surface area (Å²) in [6, 6.07) is 2.03. The summed E-state index contributed by atoms with van der Waals surface area (Å²) in [4.78, 5) is 39.7. The van der Waals surface area contributed by atoms with Crippen molar-refractivity contribution in [3.63, 3.8) is 0 Å². The maximum atomic E-state index is 12.4. The van der Waals surface area contributed by atoms with E-state index in [4.69, 9.17) is 14.7 Å². The smallest absolute Gasteiger partial charge is 0.227 e. The van der Waals surface area contributed by atoms with Gasteiger partial charge in [-0.05, 0) is 12.8 Å². The topological polar surface area (TPSA) is 90.9 Å². The van der Waals surface area contributed by atoms with Gasteiger partial charge in [-0.3, -0.25) is 9.59 Å². The van der Waals surface area contributed by atoms with Crippen LogP contribution in [0.25, 0.3) is 0 Å². The number of hydrogen-bond acceptors (Lipinski definition) is 7. The van der Waals surface area contributed by atoms with Gasteiger partial charge in [-0.25, -0.2) is 4.98 Å². The van der Waals surface area contributed by atoms with Crippen LogP contribution < -0.4 is 15.1 Å². The first kappa shape index (κ1) is 19.9. The van der Waals surface area contributed by atoms with Gasteiger partial charge >= 0.3 is 0 Å². The van der Waals surface area contributed by atoms with Crippen molar-refractivity contribution < 1.29 is 14.3 Å². The Morgan fingerprint density at radius 1 is 1.17 bits per heavy atom. The number of carbonyl (C=O) groups is 2. The Labute approximate surface area is 171 Å². The van der Waals surface area contributed by atoms with Gasteiger partial charge in [0.25, 0.3) is 0 Å². The molecule has 0 aromatic carbocycles. The van der Waals surface area contributed by atoms with Gasteiger partial charge in [-0.1, -0.05) is 0 Å². The molecule has 4 rings (SSSR count). The van der Waals surface area contributed by atoms with E-state index >= 15 is 0 Å². The van der Waals surface area contributed by atoms with Gasteiger partial charge < -0.3 is 24.8 Å². The van der Waals surface area contributed by atoms with E-state index in [1.807, 2.05) is 6.07 Å². The van der Waals surface area contributed by atoms with Gasteiger partial charge in [-0.2, -0.15) is 4.98 Å². The highest BCUT2D eigenvalue weighted by molar-refractivity contribution is 5.89. The molecule has 1 aromatic rings. The zero-order valence-electron chi connectivity index (χ0n) is 17.1. The first-order valence-corrected chi connectivity index (χ1v) is 10.6. The quantitative estimate of drug-likeness (QED) is 0.719. The van der Waals surface area contributed by atoms with Crippen molar-refractivity contribution in [2.45, 2.75) is 25.7 Å². The number of carbonyl (C=O) groups excluding carboxylic acids is 2. The standard InChI is InChI=1S/C20H30N6O3/c1-24-14-15(12-18(24)27)19(28)21-5-4-16-13-17(25-8-10-29-11-9-25)23-20(22-16)26-6-2-3-7-26/h13,15H,2-12,14H2,1H3,(H,21,28). The zero-order valence-corrected chi connectivity index (χ0v) is 17.1. The van der Waals surface area contributed by atoms with Crippen molar-refractivity contribution in [2.24, 2.45) is 5.92 Å². The molecule has 2 amide bonds. The number of ether oxygens (including phenoxy) is 1. The molecule has 3 fully saturated rings. The molecule has 0 radical (unpaired) electrons. The number of rotatable bonds is 6. The molecule has 9 heteroatoms. The van der Waals surface area contributed by atoms with Crippen molar-refractivity contribution in [1.82, 2.24) is 20.2 Å². The summed E-state index contributed by atoms with van der Waals surface area (Å²) in [6.45, 7) is 6.07. The Balaban J connectivity index is 1.40. The maximum Gasteiger partial charge on any atom is 0.227 e. The summed E-state index contributed by atoms with van der Waals surface area (Å²) >= 11 is 0. The molecule has 3 saturated heterocycles. The minimum absolute atomic E-state index is 0.0337. The first-order valence-electron chi connectivity index (χ1n) is 10.6. The van der Waals surface area contributed by atoms with Crippen LogP contribution in [0.5, 0.6) is 0 Å². The molecule has 158 valence electrons. The second-order valence-electron chi connectivity index (χ2n) is 8.03. The Morgan fingerprint density at radius 2 is 1.93 bits per heavy atom. The number of nitrogens with zero attached hydrogens (tertiary/aromatic N) is 5. The predicted octanol–water partition coefficient (Wildman–Crippen LogP) is 0.0504. The number of hydrogen-bond donors (Lipinski definition) is 1. The van der Waals surface area contributed by atoms with Crippen molar-refractivity contribution in [3.05, 3.63) is 11.8 Å². The van der Waals surface area contributed by atoms with Crippen molar-refractivity contribution in [3.8, 4) is 0 Å². The lowest BCUT2D eigenvalue weighted by Gasteiger charge is -2.29. The largest absolute Gasteiger partial charge is 0.378 e. The molecule has 0 spiro atoms. The van der Waals surface area contributed by atoms with Crippen LogP contribution in [-0.2, 0) is 20.7 Å². The molecular formula is C20H30N6O3. The van der Waals surface area contributed by atoms with Crippen LogP contribution in [0, 0.1) is 5.92 Å². The van der Waals surface area contributed by atoms with Crippen molar-refractivity contribution >= 4 is 23.6 Å². The van der Waals surface area contributed by atoms with E-state index in [0.29, 0.717) is 39.1 Å². The highest BCUT2D eigenvalue weighted by Crippen LogP contribution is 2.22. The third-order valence-electron chi connectivity index (χ3n) is 5.87. The molecule has 1 atom stereocenters. The summed E-state index contributed by atoms with van der Waals surface area (Å²) in [5.74, 6) is 1.46. The van der Waals surface area contributed by atoms with Gasteiger partial charge in [0.2, 0.25) is 17.8 Å². The number of aromatic nitrogens is 2. The minimum Gasteiger partial charge on any atom is -0.378 e. The summed E-state index contributed by atoms with van der Waals surface area (Å²) in [6.07, 6.45) is 3.29. The number of likely N-dealkylation sites (tertiary alicyclic amines) is 1. The third-order valence-corrected chi connectivity index (χ3v) is 5.87. The minimum atomic E-state index is -0.248. The van der Waals surface area contributed by atoms with E-state index in [1.165, 1.54) is 12.8 Å². The second-order valence-corrected chi connectivity index (χ2v) is 8.03. The molecule has 3 aliphatic heterocycles. The predicted molar refractivity (Wildman–Crippen MR) is 109 cm³/mol. The molecule has 1 aromatic heterocycles. The maximum absolute atomic E-state index is 12.4. The van der Waals surface area contributed by atoms with E-state index < -0.39 is 0 Å². The van der Waals surface area contributed by atoms with Crippen LogP contribution in [0.2, 0.25) is 0 Å². The highest BCUT2D eigenvalue weighted by atomic mass is 16.5. The normalized spacial score (nSPS) is 22.4. The molecule has 4 heterocycles. The summed E-state index contributed by atoms with van der Waals surface area (Å²) in [5.41, 5.74) is 0.934. The van der Waals surface area contributed by atoms with E-state index in [9.17, 15) is 9.59 Å². The zero-order chi connectivity index (χ0) is 20.2. The second kappa shape index (κ2) is 8.94. The average Bonchev–Trinajstić information content (AvgIpc) is 3.39. The van der Waals surface area contributed by atoms with Gasteiger partial charge in [-0.15, -0.1) is 0 Å². The van der Waals surface area contributed by atoms with Gasteiger partial charge in [0.05, 0.1) is 19.1 Å². The number of anilines is 2. The monoisotopic (exact) mass is 402 g/mol. The highest BCUT2D eigenvalue weighted by Gasteiger charge is 2.31. The van der Waals surface area contributed by atoms with Gasteiger partial charge in [0, 0.05) is 70.9 Å². The van der Waals surface area contributed by atoms with Crippen LogP contribution in [0.3, 0.4) is 0 Å². The molecule has 0 saturated carbocycles. The Morgan fingerprint density at radius 3 is 2.62 bits per heavy atom. The fourth-order valence-corrected chi connectivity index (χ4v) is 4.11. The molecule has 0 aliphatic carbocycles. The lowest BCUT2D eigenvalue weighted by molar-refractivity contribution is -0.128. The van der Waals surface area contributed by atoms with Crippen LogP contribution in [0.15, 0.2) is 6.07 Å². The molecule has 3 aliphatic rings. The number of morpholine rings is 1. The molecule has 29 heavy (non-hydrogen) atoms. The number of amides is 2. The summed E-state index contributed by atoms with van der Waals surface area (Å²) in [7, 11) is 1.74. The molecular weight excluding hydrogens is 372 g/mol. The van der Waals surface area contributed by atoms with Crippen molar-refractivity contribution in [2.75, 3.05) is 69.3 Å². The summed E-state index contributed by atoms with van der Waals surface area (Å²) < 4.78 is 5.47. The molecule has 0 bridgehead atoms. The van der Waals surface area contributed by atoms with Crippen LogP contribution in [0.4, 0.5) is 11.8 Å². The van der Waals surface area contributed by atoms with Gasteiger partial charge in [0.15, 0.2) is 0 Å². The van der Waals surface area contributed by atoms with E-state index in [0.717, 1.165) is 43.6 Å². The SMILES string of the molecule is CN1CC(C(=O)NCCc2cc(N3CCOCC3)nc(N3CCCC3)n2)CC1=O. The Kier molecular flexibility index (Phi) is 6.13. The third kappa shape index (κ3) is 4.77. The first-order chi connectivity index (χ1) is 14.1. The fourth-order valence-electron chi connectivity index (χ4n) is 4.11. The Bertz CT molecular complexity index is 746. The Hall–Kier alpha value is -2.42. The average molecular weight is 402 g/mol. The lowest BCUT2D eigenvalue weighted by atomic mass is 10.1. The van der Waals surface area contributed by atoms with Crippen LogP contribution in [0.1, 0.15) is 25.0 Å². The van der Waals surface area contributed by atoms with Crippen LogP contribution in [-0.4, -0.2) is 86.2 Å². The van der Waals surface area contributed by atoms with Crippen molar-refractivity contribution in [1.29, 1.82) is 0 Å². The van der Waals surface area contributed by atoms with E-state index in [-0.39, 0.29) is 17.7 Å². The fraction of sp³-hybridized carbons (Fsp3) is 0.700. The van der Waals surface area contributed by atoms with E-state index in [1.54, 1.807) is 11.9 Å². The lowest BCUT2D eigenvalue weighted by Crippen LogP contribution is -2.37. The van der Waals surface area contributed by atoms with E-state index in [2.05, 4.69) is 15.1 Å². The molecule has 1 N–H and O–H groups in total. The van der Waals surface area contributed by atoms with Gasteiger partial charge in [0.1, 0.15) is 5.82 Å². The molecule has 9 nitrogen and oxygen atoms in total. The molecule has 1 unspecified atom stereocenters. The number of nitrogens with one attached hydrogen (secondary N) is 1.